The minimum atomic E-state index is -0.480. The van der Waals surface area contributed by atoms with Gasteiger partial charge in [-0.15, -0.1) is 0 Å². The number of nitrogens with zero attached hydrogens (tertiary/aromatic N) is 2. The van der Waals surface area contributed by atoms with E-state index in [0.29, 0.717) is 17.5 Å². The fourth-order valence-corrected chi connectivity index (χ4v) is 4.75. The Bertz CT molecular complexity index is 561. The fraction of sp³-hybridized carbons (Fsp3) is 0.667. The van der Waals surface area contributed by atoms with Crippen molar-refractivity contribution in [1.82, 2.24) is 9.88 Å². The first-order valence-electron chi connectivity index (χ1n) is 8.65. The highest BCUT2D eigenvalue weighted by Crippen LogP contribution is 2.51. The average Bonchev–Trinajstić information content (AvgIpc) is 2.54. The van der Waals surface area contributed by atoms with Crippen LogP contribution >= 0.6 is 0 Å². The zero-order valence-corrected chi connectivity index (χ0v) is 14.1. The molecule has 1 aromatic rings. The number of nitrogens with two attached hydrogens (primary N) is 1. The number of ether oxygens (including phenoxy) is 1. The average molecular weight is 317 g/mol. The SMILES string of the molecule is CCCN1C[C@H]2CCC[C@@H](C1)C2(OC)c1ccnc(C(N)=O)c1. The molecule has 5 heteroatoms. The molecule has 23 heavy (non-hydrogen) atoms. The predicted octanol–water partition coefficient (Wildman–Crippen LogP) is 2.16. The summed E-state index contributed by atoms with van der Waals surface area (Å²) < 4.78 is 6.19. The summed E-state index contributed by atoms with van der Waals surface area (Å²) in [4.78, 5) is 18.2. The largest absolute Gasteiger partial charge is 0.373 e. The highest BCUT2D eigenvalue weighted by molar-refractivity contribution is 5.90. The van der Waals surface area contributed by atoms with Gasteiger partial charge < -0.3 is 15.4 Å². The van der Waals surface area contributed by atoms with Crippen molar-refractivity contribution in [2.45, 2.75) is 38.2 Å². The Morgan fingerprint density at radius 3 is 2.70 bits per heavy atom. The fourth-order valence-electron chi connectivity index (χ4n) is 4.75. The van der Waals surface area contributed by atoms with E-state index in [1.54, 1.807) is 6.20 Å². The van der Waals surface area contributed by atoms with Gasteiger partial charge in [-0.2, -0.15) is 0 Å². The first kappa shape index (κ1) is 16.4. The molecular weight excluding hydrogens is 290 g/mol. The Morgan fingerprint density at radius 2 is 2.13 bits per heavy atom. The zero-order chi connectivity index (χ0) is 16.4. The van der Waals surface area contributed by atoms with Crippen molar-refractivity contribution < 1.29 is 9.53 Å². The van der Waals surface area contributed by atoms with E-state index >= 15 is 0 Å². The Hall–Kier alpha value is -1.46. The number of hydrogen-bond donors (Lipinski definition) is 1. The maximum Gasteiger partial charge on any atom is 0.267 e. The summed E-state index contributed by atoms with van der Waals surface area (Å²) in [5.74, 6) is 0.427. The lowest BCUT2D eigenvalue weighted by atomic mass is 9.62. The Balaban J connectivity index is 2.00. The van der Waals surface area contributed by atoms with E-state index in [-0.39, 0.29) is 5.60 Å². The van der Waals surface area contributed by atoms with E-state index in [4.69, 9.17) is 10.5 Å². The molecule has 126 valence electrons. The van der Waals surface area contributed by atoms with Gasteiger partial charge in [0.05, 0.1) is 0 Å². The van der Waals surface area contributed by atoms with Crippen LogP contribution in [0.4, 0.5) is 0 Å². The maximum atomic E-state index is 11.5. The van der Waals surface area contributed by atoms with Gasteiger partial charge >= 0.3 is 0 Å². The van der Waals surface area contributed by atoms with Crippen molar-refractivity contribution in [2.24, 2.45) is 17.6 Å². The van der Waals surface area contributed by atoms with Crippen LogP contribution in [0.1, 0.15) is 48.7 Å². The number of hydrogen-bond acceptors (Lipinski definition) is 4. The lowest BCUT2D eigenvalue weighted by molar-refractivity contribution is -0.168. The number of rotatable bonds is 5. The van der Waals surface area contributed by atoms with Crippen LogP contribution in [-0.4, -0.2) is 42.5 Å². The van der Waals surface area contributed by atoms with Gasteiger partial charge in [0.1, 0.15) is 11.3 Å². The van der Waals surface area contributed by atoms with Crippen molar-refractivity contribution in [3.63, 3.8) is 0 Å². The third kappa shape index (κ3) is 2.76. The van der Waals surface area contributed by atoms with Crippen LogP contribution in [0.3, 0.4) is 0 Å². The van der Waals surface area contributed by atoms with Crippen molar-refractivity contribution in [3.05, 3.63) is 29.6 Å². The first-order chi connectivity index (χ1) is 11.1. The summed E-state index contributed by atoms with van der Waals surface area (Å²) in [6, 6.07) is 3.84. The lowest BCUT2D eigenvalue weighted by Crippen LogP contribution is -2.59. The minimum Gasteiger partial charge on any atom is -0.373 e. The molecule has 2 heterocycles. The molecule has 5 nitrogen and oxygen atoms in total. The molecule has 2 fully saturated rings. The van der Waals surface area contributed by atoms with E-state index < -0.39 is 5.91 Å². The minimum absolute atomic E-state index is 0.310. The number of primary amides is 1. The number of carbonyl (C=O) groups is 1. The number of pyridine rings is 1. The lowest BCUT2D eigenvalue weighted by Gasteiger charge is -2.55. The van der Waals surface area contributed by atoms with Gasteiger partial charge in [-0.25, -0.2) is 0 Å². The molecule has 1 aliphatic carbocycles. The number of amides is 1. The summed E-state index contributed by atoms with van der Waals surface area (Å²) in [6.45, 7) is 5.50. The zero-order valence-electron chi connectivity index (χ0n) is 14.1. The second-order valence-corrected chi connectivity index (χ2v) is 6.88. The number of likely N-dealkylation sites (tertiary alicyclic amines) is 1. The molecule has 2 aliphatic rings. The molecule has 0 spiro atoms. The number of aromatic nitrogens is 1. The topological polar surface area (TPSA) is 68.4 Å². The first-order valence-corrected chi connectivity index (χ1v) is 8.65. The Kier molecular flexibility index (Phi) is 4.69. The normalized spacial score (nSPS) is 31.0. The van der Waals surface area contributed by atoms with Crippen LogP contribution in [0.25, 0.3) is 0 Å². The summed E-state index contributed by atoms with van der Waals surface area (Å²) in [6.07, 6.45) is 6.45. The number of carbonyl (C=O) groups excluding carboxylic acids is 1. The van der Waals surface area contributed by atoms with E-state index in [2.05, 4.69) is 16.8 Å². The molecule has 3 rings (SSSR count). The van der Waals surface area contributed by atoms with Crippen LogP contribution in [0, 0.1) is 11.8 Å². The van der Waals surface area contributed by atoms with Gasteiger partial charge in [0, 0.05) is 38.2 Å². The second kappa shape index (κ2) is 6.57. The van der Waals surface area contributed by atoms with Crippen molar-refractivity contribution in [1.29, 1.82) is 0 Å². The molecule has 1 aromatic heterocycles. The smallest absolute Gasteiger partial charge is 0.267 e. The van der Waals surface area contributed by atoms with E-state index in [1.807, 2.05) is 19.2 Å². The van der Waals surface area contributed by atoms with Crippen LogP contribution in [0.2, 0.25) is 0 Å². The van der Waals surface area contributed by atoms with Gasteiger partial charge in [-0.1, -0.05) is 13.3 Å². The van der Waals surface area contributed by atoms with Crippen LogP contribution in [0.5, 0.6) is 0 Å². The molecule has 3 atom stereocenters. The molecule has 1 saturated carbocycles. The number of methoxy groups -OCH3 is 1. The molecule has 1 aliphatic heterocycles. The summed E-state index contributed by atoms with van der Waals surface area (Å²) >= 11 is 0. The molecule has 2 bridgehead atoms. The van der Waals surface area contributed by atoms with Crippen molar-refractivity contribution in [2.75, 3.05) is 26.7 Å². The molecular formula is C18H27N3O2. The Labute approximate surface area is 138 Å². The van der Waals surface area contributed by atoms with Crippen molar-refractivity contribution in [3.8, 4) is 0 Å². The van der Waals surface area contributed by atoms with Gasteiger partial charge in [-0.05, 0) is 43.5 Å². The van der Waals surface area contributed by atoms with Crippen LogP contribution < -0.4 is 5.73 Å². The van der Waals surface area contributed by atoms with Gasteiger partial charge in [-0.3, -0.25) is 9.78 Å². The monoisotopic (exact) mass is 317 g/mol. The standard InChI is InChI=1S/C18H27N3O2/c1-3-9-21-11-14-5-4-6-15(12-21)18(14,23-2)13-7-8-20-16(10-13)17(19)22/h7-8,10,14-15H,3-6,9,11-12H2,1-2H3,(H2,19,22)/t14-,15+,18?. The van der Waals surface area contributed by atoms with E-state index in [9.17, 15) is 4.79 Å². The summed E-state index contributed by atoms with van der Waals surface area (Å²) in [5, 5.41) is 0. The Morgan fingerprint density at radius 1 is 1.43 bits per heavy atom. The summed E-state index contributed by atoms with van der Waals surface area (Å²) in [5.41, 5.74) is 6.51. The molecule has 2 N–H and O–H groups in total. The predicted molar refractivity (Wildman–Crippen MR) is 89.0 cm³/mol. The highest BCUT2D eigenvalue weighted by Gasteiger charge is 2.53. The van der Waals surface area contributed by atoms with E-state index in [0.717, 1.165) is 25.2 Å². The highest BCUT2D eigenvalue weighted by atomic mass is 16.5. The molecule has 0 aromatic carbocycles. The third-order valence-corrected chi connectivity index (χ3v) is 5.62. The quantitative estimate of drug-likeness (QED) is 0.903. The van der Waals surface area contributed by atoms with Crippen LogP contribution in [-0.2, 0) is 10.3 Å². The number of fused-ring (bicyclic) bond motifs is 2. The van der Waals surface area contributed by atoms with E-state index in [1.165, 1.54) is 25.7 Å². The second-order valence-electron chi connectivity index (χ2n) is 6.88. The molecule has 1 unspecified atom stereocenters. The third-order valence-electron chi connectivity index (χ3n) is 5.62. The van der Waals surface area contributed by atoms with Gasteiger partial charge in [0.25, 0.3) is 5.91 Å². The van der Waals surface area contributed by atoms with Gasteiger partial charge in [0.2, 0.25) is 0 Å². The van der Waals surface area contributed by atoms with Crippen LogP contribution in [0.15, 0.2) is 18.3 Å². The summed E-state index contributed by atoms with van der Waals surface area (Å²) in [7, 11) is 1.81. The number of piperidine rings is 1. The van der Waals surface area contributed by atoms with Crippen molar-refractivity contribution >= 4 is 5.91 Å². The molecule has 1 saturated heterocycles. The molecule has 1 amide bonds. The van der Waals surface area contributed by atoms with Gasteiger partial charge in [0.15, 0.2) is 0 Å². The molecule has 0 radical (unpaired) electrons. The maximum absolute atomic E-state index is 11.5.